The third kappa shape index (κ3) is 5.44. The fraction of sp³-hybridized carbons (Fsp3) is 0.435. The van der Waals surface area contributed by atoms with Gasteiger partial charge in [-0.2, -0.15) is 13.2 Å². The van der Waals surface area contributed by atoms with Crippen molar-refractivity contribution in [2.75, 3.05) is 18.0 Å². The molecule has 6 nitrogen and oxygen atoms in total. The monoisotopic (exact) mass is 477 g/mol. The van der Waals surface area contributed by atoms with Gasteiger partial charge in [-0.3, -0.25) is 4.79 Å². The third-order valence-electron chi connectivity index (χ3n) is 5.90. The van der Waals surface area contributed by atoms with Crippen LogP contribution in [0.5, 0.6) is 0 Å². The minimum absolute atomic E-state index is 0.0286. The zero-order valence-corrected chi connectivity index (χ0v) is 19.3. The van der Waals surface area contributed by atoms with Gasteiger partial charge in [0.25, 0.3) is 5.56 Å². The lowest BCUT2D eigenvalue weighted by molar-refractivity contribution is -0.141. The van der Waals surface area contributed by atoms with E-state index < -0.39 is 11.9 Å². The summed E-state index contributed by atoms with van der Waals surface area (Å²) >= 11 is 1.69. The number of aromatic nitrogens is 3. The van der Waals surface area contributed by atoms with Crippen LogP contribution in [0.15, 0.2) is 35.3 Å². The topological polar surface area (TPSA) is 73.9 Å². The highest BCUT2D eigenvalue weighted by atomic mass is 32.1. The van der Waals surface area contributed by atoms with Crippen molar-refractivity contribution in [3.05, 3.63) is 62.6 Å². The van der Waals surface area contributed by atoms with Crippen LogP contribution in [0.1, 0.15) is 41.6 Å². The third-order valence-corrected chi connectivity index (χ3v) is 7.02. The summed E-state index contributed by atoms with van der Waals surface area (Å²) in [6.45, 7) is 5.81. The summed E-state index contributed by atoms with van der Waals surface area (Å²) in [6, 6.07) is 7.32. The Morgan fingerprint density at radius 2 is 2.00 bits per heavy atom. The second-order valence-corrected chi connectivity index (χ2v) is 9.33. The number of H-pyrrole nitrogens is 1. The standard InChI is InChI=1S/C23H26F3N5OS/c1-3-15-12-18(14(2)29-21(15)32)19-5-4-17(33-19)13-28-16-7-10-31(11-8-16)22-27-9-6-20(30-22)23(24,25)26/h4-6,9,12,16,28H,3,7-8,10-11,13H2,1-2H3,(H,29,32). The Kier molecular flexibility index (Phi) is 6.85. The minimum atomic E-state index is -4.47. The first-order valence-electron chi connectivity index (χ1n) is 10.9. The van der Waals surface area contributed by atoms with E-state index in [9.17, 15) is 18.0 Å². The first-order chi connectivity index (χ1) is 15.7. The molecule has 0 amide bonds. The van der Waals surface area contributed by atoms with Crippen LogP contribution in [0.25, 0.3) is 10.4 Å². The van der Waals surface area contributed by atoms with Crippen molar-refractivity contribution in [2.24, 2.45) is 0 Å². The van der Waals surface area contributed by atoms with Gasteiger partial charge in [0, 0.05) is 58.4 Å². The Bertz CT molecular complexity index is 1170. The number of thiophene rings is 1. The summed E-state index contributed by atoms with van der Waals surface area (Å²) in [4.78, 5) is 26.8. The quantitative estimate of drug-likeness (QED) is 0.545. The number of rotatable bonds is 6. The highest BCUT2D eigenvalue weighted by molar-refractivity contribution is 7.15. The zero-order chi connectivity index (χ0) is 23.6. The van der Waals surface area contributed by atoms with Gasteiger partial charge in [0.15, 0.2) is 0 Å². The van der Waals surface area contributed by atoms with Crippen molar-refractivity contribution in [2.45, 2.75) is 51.9 Å². The number of aryl methyl sites for hydroxylation is 2. The van der Waals surface area contributed by atoms with Crippen molar-refractivity contribution < 1.29 is 13.2 Å². The highest BCUT2D eigenvalue weighted by Gasteiger charge is 2.33. The summed E-state index contributed by atoms with van der Waals surface area (Å²) in [5.41, 5.74) is 1.75. The molecular formula is C23H26F3N5OS. The largest absolute Gasteiger partial charge is 0.433 e. The molecule has 3 aromatic heterocycles. The Morgan fingerprint density at radius 1 is 1.24 bits per heavy atom. The van der Waals surface area contributed by atoms with Crippen LogP contribution in [0.4, 0.5) is 19.1 Å². The SMILES string of the molecule is CCc1cc(-c2ccc(CNC3CCN(c4nccc(C(F)(F)F)n4)CC3)s2)c(C)[nH]c1=O. The van der Waals surface area contributed by atoms with E-state index in [1.54, 1.807) is 16.2 Å². The molecule has 0 aliphatic carbocycles. The molecule has 0 aromatic carbocycles. The summed E-state index contributed by atoms with van der Waals surface area (Å²) in [5.74, 6) is 0.133. The van der Waals surface area contributed by atoms with Crippen LogP contribution < -0.4 is 15.8 Å². The maximum atomic E-state index is 12.9. The number of halogens is 3. The maximum Gasteiger partial charge on any atom is 0.433 e. The molecule has 2 N–H and O–H groups in total. The van der Waals surface area contributed by atoms with Crippen LogP contribution in [0.2, 0.25) is 0 Å². The number of aromatic amines is 1. The minimum Gasteiger partial charge on any atom is -0.341 e. The van der Waals surface area contributed by atoms with E-state index in [0.29, 0.717) is 19.5 Å². The average molecular weight is 478 g/mol. The molecular weight excluding hydrogens is 451 g/mol. The van der Waals surface area contributed by atoms with E-state index in [-0.39, 0.29) is 17.5 Å². The number of anilines is 1. The molecule has 4 rings (SSSR count). The van der Waals surface area contributed by atoms with Crippen molar-refractivity contribution in [1.82, 2.24) is 20.3 Å². The molecule has 176 valence electrons. The summed E-state index contributed by atoms with van der Waals surface area (Å²) in [6.07, 6.45) is -1.01. The van der Waals surface area contributed by atoms with Crippen molar-refractivity contribution in [3.8, 4) is 10.4 Å². The molecule has 4 heterocycles. The van der Waals surface area contributed by atoms with Gasteiger partial charge in [0.1, 0.15) is 5.69 Å². The van der Waals surface area contributed by atoms with E-state index in [1.165, 1.54) is 4.88 Å². The Hall–Kier alpha value is -2.72. The first-order valence-corrected chi connectivity index (χ1v) is 11.8. The Labute approximate surface area is 193 Å². The molecule has 0 spiro atoms. The van der Waals surface area contributed by atoms with Gasteiger partial charge >= 0.3 is 6.18 Å². The number of hydrogen-bond donors (Lipinski definition) is 2. The molecule has 0 bridgehead atoms. The zero-order valence-electron chi connectivity index (χ0n) is 18.5. The normalized spacial score (nSPS) is 15.2. The molecule has 0 saturated carbocycles. The van der Waals surface area contributed by atoms with Gasteiger partial charge < -0.3 is 15.2 Å². The molecule has 1 saturated heterocycles. The molecule has 1 fully saturated rings. The molecule has 1 aliphatic heterocycles. The Morgan fingerprint density at radius 3 is 2.70 bits per heavy atom. The molecule has 10 heteroatoms. The molecule has 0 unspecified atom stereocenters. The summed E-state index contributed by atoms with van der Waals surface area (Å²) in [5, 5.41) is 3.56. The lowest BCUT2D eigenvalue weighted by atomic mass is 10.1. The summed E-state index contributed by atoms with van der Waals surface area (Å²) < 4.78 is 38.7. The highest BCUT2D eigenvalue weighted by Crippen LogP contribution is 2.31. The lowest BCUT2D eigenvalue weighted by Gasteiger charge is -2.32. The van der Waals surface area contributed by atoms with Gasteiger partial charge in [-0.1, -0.05) is 6.92 Å². The number of hydrogen-bond acceptors (Lipinski definition) is 6. The number of nitrogens with zero attached hydrogens (tertiary/aromatic N) is 3. The summed E-state index contributed by atoms with van der Waals surface area (Å²) in [7, 11) is 0. The number of nitrogens with one attached hydrogen (secondary N) is 2. The van der Waals surface area contributed by atoms with Crippen molar-refractivity contribution in [3.63, 3.8) is 0 Å². The van der Waals surface area contributed by atoms with Crippen LogP contribution in [0, 0.1) is 6.92 Å². The van der Waals surface area contributed by atoms with E-state index in [1.807, 2.05) is 19.9 Å². The van der Waals surface area contributed by atoms with Gasteiger partial charge in [0.2, 0.25) is 5.95 Å². The molecule has 0 atom stereocenters. The average Bonchev–Trinajstić information content (AvgIpc) is 3.26. The van der Waals surface area contributed by atoms with Gasteiger partial charge in [-0.05, 0) is 50.5 Å². The Balaban J connectivity index is 1.33. The number of alkyl halides is 3. The molecule has 0 radical (unpaired) electrons. The van der Waals surface area contributed by atoms with Crippen molar-refractivity contribution in [1.29, 1.82) is 0 Å². The van der Waals surface area contributed by atoms with Crippen LogP contribution >= 0.6 is 11.3 Å². The fourth-order valence-corrected chi connectivity index (χ4v) is 5.02. The lowest BCUT2D eigenvalue weighted by Crippen LogP contribution is -2.43. The fourth-order valence-electron chi connectivity index (χ4n) is 3.99. The maximum absolute atomic E-state index is 12.9. The smallest absolute Gasteiger partial charge is 0.341 e. The van der Waals surface area contributed by atoms with Crippen LogP contribution in [0.3, 0.4) is 0 Å². The first kappa shape index (κ1) is 23.4. The van der Waals surface area contributed by atoms with Gasteiger partial charge in [-0.25, -0.2) is 9.97 Å². The second kappa shape index (κ2) is 9.64. The second-order valence-electron chi connectivity index (χ2n) is 8.16. The number of piperidine rings is 1. The van der Waals surface area contributed by atoms with Crippen molar-refractivity contribution >= 4 is 17.3 Å². The van der Waals surface area contributed by atoms with Crippen LogP contribution in [-0.4, -0.2) is 34.1 Å². The predicted octanol–water partition coefficient (Wildman–Crippen LogP) is 4.54. The van der Waals surface area contributed by atoms with E-state index in [0.717, 1.165) is 53.3 Å². The van der Waals surface area contributed by atoms with E-state index >= 15 is 0 Å². The van der Waals surface area contributed by atoms with E-state index in [2.05, 4.69) is 32.4 Å². The molecule has 3 aromatic rings. The van der Waals surface area contributed by atoms with Crippen LogP contribution in [-0.2, 0) is 19.1 Å². The van der Waals surface area contributed by atoms with Gasteiger partial charge in [0.05, 0.1) is 0 Å². The molecule has 33 heavy (non-hydrogen) atoms. The molecule has 1 aliphatic rings. The predicted molar refractivity (Wildman–Crippen MR) is 124 cm³/mol. The number of pyridine rings is 1. The van der Waals surface area contributed by atoms with E-state index in [4.69, 9.17) is 0 Å². The van der Waals surface area contributed by atoms with Gasteiger partial charge in [-0.15, -0.1) is 11.3 Å².